The highest BCUT2D eigenvalue weighted by molar-refractivity contribution is 9.10. The Kier molecular flexibility index (Phi) is 3.55. The Hall–Kier alpha value is -0.550. The van der Waals surface area contributed by atoms with Gasteiger partial charge in [0, 0.05) is 11.8 Å². The summed E-state index contributed by atoms with van der Waals surface area (Å²) >= 11 is 4.80. The van der Waals surface area contributed by atoms with E-state index in [9.17, 15) is 0 Å². The van der Waals surface area contributed by atoms with E-state index in [0.29, 0.717) is 4.60 Å². The smallest absolute Gasteiger partial charge is 0.222 e. The fraction of sp³-hybridized carbons (Fsp3) is 0.143. The topological polar surface area (TPSA) is 51.8 Å². The number of nitrogens with zero attached hydrogens (tertiary/aromatic N) is 2. The molecule has 0 spiro atoms. The lowest BCUT2D eigenvalue weighted by molar-refractivity contribution is 1.05. The lowest BCUT2D eigenvalue weighted by Gasteiger charge is -1.98. The van der Waals surface area contributed by atoms with Crippen LogP contribution in [-0.2, 0) is 0 Å². The molecule has 64 valence electrons. The second kappa shape index (κ2) is 4.47. The number of nitrogen functional groups attached to an aromatic ring is 1. The van der Waals surface area contributed by atoms with Gasteiger partial charge in [0.1, 0.15) is 9.63 Å². The third-order valence-corrected chi connectivity index (χ3v) is 2.35. The molecular weight excluding hydrogens is 238 g/mol. The Balaban J connectivity index is 2.78. The van der Waals surface area contributed by atoms with Crippen molar-refractivity contribution < 1.29 is 0 Å². The SMILES string of the molecule is C=CCSc1cc(Br)nc(N)n1. The quantitative estimate of drug-likeness (QED) is 0.504. The maximum atomic E-state index is 5.44. The highest BCUT2D eigenvalue weighted by Gasteiger charge is 1.98. The molecule has 0 aliphatic carbocycles. The van der Waals surface area contributed by atoms with Gasteiger partial charge in [-0.2, -0.15) is 0 Å². The van der Waals surface area contributed by atoms with Crippen LogP contribution < -0.4 is 5.73 Å². The number of thioether (sulfide) groups is 1. The summed E-state index contributed by atoms with van der Waals surface area (Å²) < 4.78 is 0.710. The highest BCUT2D eigenvalue weighted by Crippen LogP contribution is 2.19. The van der Waals surface area contributed by atoms with Crippen molar-refractivity contribution in [3.8, 4) is 0 Å². The van der Waals surface area contributed by atoms with E-state index in [1.165, 1.54) is 0 Å². The molecule has 5 heteroatoms. The molecule has 0 radical (unpaired) electrons. The molecule has 0 atom stereocenters. The third kappa shape index (κ3) is 2.83. The number of aromatic nitrogens is 2. The first kappa shape index (κ1) is 9.54. The number of rotatable bonds is 3. The Labute approximate surface area is 83.6 Å². The summed E-state index contributed by atoms with van der Waals surface area (Å²) in [5, 5.41) is 0.856. The maximum Gasteiger partial charge on any atom is 0.222 e. The fourth-order valence-corrected chi connectivity index (χ4v) is 1.82. The molecule has 0 aromatic carbocycles. The summed E-state index contributed by atoms with van der Waals surface area (Å²) in [5.41, 5.74) is 5.44. The summed E-state index contributed by atoms with van der Waals surface area (Å²) in [4.78, 5) is 7.91. The van der Waals surface area contributed by atoms with Crippen molar-refractivity contribution in [2.75, 3.05) is 11.5 Å². The second-order valence-corrected chi connectivity index (χ2v) is 3.84. The van der Waals surface area contributed by atoms with Gasteiger partial charge in [-0.15, -0.1) is 18.3 Å². The van der Waals surface area contributed by atoms with Gasteiger partial charge in [0.25, 0.3) is 0 Å². The minimum Gasteiger partial charge on any atom is -0.368 e. The van der Waals surface area contributed by atoms with Crippen molar-refractivity contribution in [3.05, 3.63) is 23.3 Å². The fourth-order valence-electron chi connectivity index (χ4n) is 0.632. The van der Waals surface area contributed by atoms with Crippen LogP contribution in [0.3, 0.4) is 0 Å². The minimum absolute atomic E-state index is 0.288. The molecule has 0 fully saturated rings. The van der Waals surface area contributed by atoms with E-state index in [0.717, 1.165) is 10.8 Å². The highest BCUT2D eigenvalue weighted by atomic mass is 79.9. The van der Waals surface area contributed by atoms with E-state index in [-0.39, 0.29) is 5.95 Å². The van der Waals surface area contributed by atoms with Crippen LogP contribution in [0.5, 0.6) is 0 Å². The molecule has 0 amide bonds. The zero-order valence-electron chi connectivity index (χ0n) is 6.33. The van der Waals surface area contributed by atoms with Crippen LogP contribution in [0.1, 0.15) is 0 Å². The monoisotopic (exact) mass is 245 g/mol. The largest absolute Gasteiger partial charge is 0.368 e. The molecule has 0 saturated heterocycles. The average Bonchev–Trinajstić information content (AvgIpc) is 1.99. The van der Waals surface area contributed by atoms with Crippen molar-refractivity contribution in [2.45, 2.75) is 5.03 Å². The summed E-state index contributed by atoms with van der Waals surface area (Å²) in [6, 6.07) is 1.82. The summed E-state index contributed by atoms with van der Waals surface area (Å²) in [7, 11) is 0. The van der Waals surface area contributed by atoms with Crippen molar-refractivity contribution >= 4 is 33.6 Å². The van der Waals surface area contributed by atoms with Crippen LogP contribution in [0.4, 0.5) is 5.95 Å². The van der Waals surface area contributed by atoms with Gasteiger partial charge in [0.15, 0.2) is 0 Å². The molecule has 1 rings (SSSR count). The summed E-state index contributed by atoms with van der Waals surface area (Å²) in [6.07, 6.45) is 1.82. The van der Waals surface area contributed by atoms with Crippen LogP contribution in [0, 0.1) is 0 Å². The van der Waals surface area contributed by atoms with Crippen molar-refractivity contribution in [1.29, 1.82) is 0 Å². The number of halogens is 1. The average molecular weight is 246 g/mol. The molecule has 0 unspecified atom stereocenters. The predicted molar refractivity (Wildman–Crippen MR) is 55.1 cm³/mol. The molecule has 2 N–H and O–H groups in total. The molecule has 1 aromatic rings. The van der Waals surface area contributed by atoms with Crippen molar-refractivity contribution in [3.63, 3.8) is 0 Å². The lowest BCUT2D eigenvalue weighted by Crippen LogP contribution is -1.95. The Morgan fingerprint density at radius 1 is 1.67 bits per heavy atom. The molecule has 0 aliphatic heterocycles. The molecule has 0 saturated carbocycles. The van der Waals surface area contributed by atoms with Crippen LogP contribution in [0.2, 0.25) is 0 Å². The van der Waals surface area contributed by atoms with Crippen LogP contribution in [0.15, 0.2) is 28.4 Å². The van der Waals surface area contributed by atoms with Crippen LogP contribution >= 0.6 is 27.7 Å². The second-order valence-electron chi connectivity index (χ2n) is 1.99. The normalized spacial score (nSPS) is 9.75. The summed E-state index contributed by atoms with van der Waals surface area (Å²) in [6.45, 7) is 3.61. The van der Waals surface area contributed by atoms with Crippen molar-refractivity contribution in [1.82, 2.24) is 9.97 Å². The van der Waals surface area contributed by atoms with Crippen LogP contribution in [-0.4, -0.2) is 15.7 Å². The van der Waals surface area contributed by atoms with Gasteiger partial charge in [-0.25, -0.2) is 9.97 Å². The van der Waals surface area contributed by atoms with Gasteiger partial charge in [-0.3, -0.25) is 0 Å². The molecule has 0 bridgehead atoms. The van der Waals surface area contributed by atoms with Gasteiger partial charge in [-0.05, 0) is 15.9 Å². The zero-order valence-corrected chi connectivity index (χ0v) is 8.73. The first-order valence-corrected chi connectivity index (χ1v) is 5.04. The van der Waals surface area contributed by atoms with Gasteiger partial charge in [0.2, 0.25) is 5.95 Å². The number of hydrogen-bond acceptors (Lipinski definition) is 4. The molecule has 12 heavy (non-hydrogen) atoms. The standard InChI is InChI=1S/C7H8BrN3S/c1-2-3-12-6-4-5(8)10-7(9)11-6/h2,4H,1,3H2,(H2,9,10,11). The maximum absolute atomic E-state index is 5.44. The van der Waals surface area contributed by atoms with E-state index >= 15 is 0 Å². The molecule has 1 aromatic heterocycles. The minimum atomic E-state index is 0.288. The Morgan fingerprint density at radius 2 is 2.42 bits per heavy atom. The van der Waals surface area contributed by atoms with Crippen molar-refractivity contribution in [2.24, 2.45) is 0 Å². The van der Waals surface area contributed by atoms with E-state index < -0.39 is 0 Å². The van der Waals surface area contributed by atoms with Gasteiger partial charge in [-0.1, -0.05) is 6.08 Å². The number of anilines is 1. The van der Waals surface area contributed by atoms with Gasteiger partial charge in [0.05, 0.1) is 0 Å². The predicted octanol–water partition coefficient (Wildman–Crippen LogP) is 2.10. The number of nitrogens with two attached hydrogens (primary N) is 1. The van der Waals surface area contributed by atoms with Gasteiger partial charge < -0.3 is 5.73 Å². The van der Waals surface area contributed by atoms with E-state index in [2.05, 4.69) is 32.5 Å². The first-order valence-electron chi connectivity index (χ1n) is 3.26. The zero-order chi connectivity index (χ0) is 8.97. The third-order valence-electron chi connectivity index (χ3n) is 1.04. The Bertz CT molecular complexity index is 270. The van der Waals surface area contributed by atoms with Crippen LogP contribution in [0.25, 0.3) is 0 Å². The summed E-state index contributed by atoms with van der Waals surface area (Å²) in [5.74, 6) is 1.11. The van der Waals surface area contributed by atoms with E-state index in [1.54, 1.807) is 11.8 Å². The molecule has 1 heterocycles. The van der Waals surface area contributed by atoms with Gasteiger partial charge >= 0.3 is 0 Å². The van der Waals surface area contributed by atoms with E-state index in [4.69, 9.17) is 5.73 Å². The lowest BCUT2D eigenvalue weighted by atomic mass is 10.7. The molecule has 3 nitrogen and oxygen atoms in total. The van der Waals surface area contributed by atoms with E-state index in [1.807, 2.05) is 12.1 Å². The first-order chi connectivity index (χ1) is 5.72. The Morgan fingerprint density at radius 3 is 3.00 bits per heavy atom. The molecule has 0 aliphatic rings. The number of hydrogen-bond donors (Lipinski definition) is 1. The molecular formula is C7H8BrN3S.